The molecule has 1 atom stereocenters. The highest BCUT2D eigenvalue weighted by Crippen LogP contribution is 2.35. The van der Waals surface area contributed by atoms with Gasteiger partial charge in [-0.05, 0) is 18.2 Å². The second-order valence-electron chi connectivity index (χ2n) is 2.52. The van der Waals surface area contributed by atoms with Gasteiger partial charge in [-0.2, -0.15) is 13.2 Å². The minimum Gasteiger partial charge on any atom is -0.755 e. The van der Waals surface area contributed by atoms with Crippen LogP contribution < -0.4 is 4.72 Å². The summed E-state index contributed by atoms with van der Waals surface area (Å²) in [7, 11) is 0. The van der Waals surface area contributed by atoms with Crippen LogP contribution in [0.4, 0.5) is 23.2 Å². The van der Waals surface area contributed by atoms with Crippen LogP contribution >= 0.6 is 0 Å². The van der Waals surface area contributed by atoms with Crippen molar-refractivity contribution in [2.45, 2.75) is 6.18 Å². The molecule has 0 aliphatic carbocycles. The fraction of sp³-hybridized carbons (Fsp3) is 0.143. The Morgan fingerprint density at radius 3 is 2.40 bits per heavy atom. The van der Waals surface area contributed by atoms with E-state index in [-0.39, 0.29) is 6.07 Å². The van der Waals surface area contributed by atoms with Gasteiger partial charge in [0.25, 0.3) is 0 Å². The average Bonchev–Trinajstić information content (AvgIpc) is 2.05. The smallest absolute Gasteiger partial charge is 0.418 e. The van der Waals surface area contributed by atoms with E-state index in [1.54, 1.807) is 0 Å². The van der Waals surface area contributed by atoms with E-state index in [1.165, 1.54) is 4.72 Å². The minimum absolute atomic E-state index is 0.217. The molecule has 1 unspecified atom stereocenters. The molecule has 0 heterocycles. The molecule has 0 spiro atoms. The van der Waals surface area contributed by atoms with Crippen LogP contribution in [0.2, 0.25) is 0 Å². The van der Waals surface area contributed by atoms with E-state index in [1.807, 2.05) is 0 Å². The second kappa shape index (κ2) is 4.15. The number of rotatable bonds is 2. The van der Waals surface area contributed by atoms with Crippen molar-refractivity contribution in [1.82, 2.24) is 0 Å². The lowest BCUT2D eigenvalue weighted by Gasteiger charge is -2.15. The molecule has 1 aromatic rings. The molecule has 3 nitrogen and oxygen atoms in total. The Kier molecular flexibility index (Phi) is 3.30. The van der Waals surface area contributed by atoms with Crippen molar-refractivity contribution >= 4 is 17.0 Å². The molecule has 0 radical (unpaired) electrons. The normalized spacial score (nSPS) is 13.7. The molecular formula is C7H4F4NO2S-. The molecule has 84 valence electrons. The zero-order chi connectivity index (χ0) is 11.6. The number of hydrogen-bond donors (Lipinski definition) is 1. The van der Waals surface area contributed by atoms with Crippen molar-refractivity contribution in [3.8, 4) is 0 Å². The molecular weight excluding hydrogens is 238 g/mol. The van der Waals surface area contributed by atoms with Crippen LogP contribution in [0.15, 0.2) is 18.2 Å². The monoisotopic (exact) mass is 242 g/mol. The summed E-state index contributed by atoms with van der Waals surface area (Å²) in [5.41, 5.74) is -2.08. The molecule has 8 heteroatoms. The predicted molar refractivity (Wildman–Crippen MR) is 43.9 cm³/mol. The van der Waals surface area contributed by atoms with E-state index in [0.717, 1.165) is 6.07 Å². The largest absolute Gasteiger partial charge is 0.755 e. The number of benzene rings is 1. The summed E-state index contributed by atoms with van der Waals surface area (Å²) < 4.78 is 71.2. The number of anilines is 1. The van der Waals surface area contributed by atoms with E-state index in [4.69, 9.17) is 0 Å². The first kappa shape index (κ1) is 11.9. The van der Waals surface area contributed by atoms with Gasteiger partial charge in [-0.3, -0.25) is 4.21 Å². The molecule has 0 fully saturated rings. The number of nitrogens with one attached hydrogen (secondary N) is 1. The predicted octanol–water partition coefficient (Wildman–Crippen LogP) is 2.05. The van der Waals surface area contributed by atoms with Crippen LogP contribution in [0.5, 0.6) is 0 Å². The van der Waals surface area contributed by atoms with Gasteiger partial charge in [0.1, 0.15) is 5.82 Å². The Bertz CT molecular complexity index is 393. The summed E-state index contributed by atoms with van der Waals surface area (Å²) in [6.45, 7) is 0. The summed E-state index contributed by atoms with van der Waals surface area (Å²) in [4.78, 5) is 0. The highest BCUT2D eigenvalue weighted by atomic mass is 32.2. The lowest BCUT2D eigenvalue weighted by Crippen LogP contribution is -2.12. The Labute approximate surface area is 84.5 Å². The van der Waals surface area contributed by atoms with Gasteiger partial charge in [0.15, 0.2) is 0 Å². The fourth-order valence-corrected chi connectivity index (χ4v) is 1.29. The summed E-state index contributed by atoms with van der Waals surface area (Å²) >= 11 is -2.89. The van der Waals surface area contributed by atoms with E-state index in [9.17, 15) is 26.3 Å². The Balaban J connectivity index is 3.20. The van der Waals surface area contributed by atoms with E-state index >= 15 is 0 Å². The average molecular weight is 242 g/mol. The fourth-order valence-electron chi connectivity index (χ4n) is 0.930. The van der Waals surface area contributed by atoms with Crippen molar-refractivity contribution in [3.05, 3.63) is 29.6 Å². The second-order valence-corrected chi connectivity index (χ2v) is 3.20. The molecule has 1 aromatic carbocycles. The molecule has 0 saturated carbocycles. The van der Waals surface area contributed by atoms with Gasteiger partial charge in [0.2, 0.25) is 0 Å². The van der Waals surface area contributed by atoms with Crippen molar-refractivity contribution in [1.29, 1.82) is 0 Å². The van der Waals surface area contributed by atoms with Gasteiger partial charge in [-0.1, -0.05) is 0 Å². The number of halogens is 4. The maximum atomic E-state index is 12.5. The summed E-state index contributed by atoms with van der Waals surface area (Å²) in [5, 5.41) is 0. The third-order valence-corrected chi connectivity index (χ3v) is 1.87. The van der Waals surface area contributed by atoms with Gasteiger partial charge in [0, 0.05) is 11.3 Å². The molecule has 0 aliphatic heterocycles. The topological polar surface area (TPSA) is 52.2 Å². The van der Waals surface area contributed by atoms with Gasteiger partial charge in [-0.15, -0.1) is 0 Å². The van der Waals surface area contributed by atoms with Gasteiger partial charge < -0.3 is 9.27 Å². The Morgan fingerprint density at radius 1 is 1.33 bits per heavy atom. The van der Waals surface area contributed by atoms with E-state index in [2.05, 4.69) is 0 Å². The molecule has 0 bridgehead atoms. The third kappa shape index (κ3) is 3.17. The summed E-state index contributed by atoms with van der Waals surface area (Å²) in [6, 6.07) is 1.65. The maximum Gasteiger partial charge on any atom is 0.418 e. The molecule has 0 amide bonds. The molecule has 15 heavy (non-hydrogen) atoms. The molecule has 0 aromatic heterocycles. The van der Waals surface area contributed by atoms with Crippen LogP contribution in [0.3, 0.4) is 0 Å². The van der Waals surface area contributed by atoms with Crippen LogP contribution in [-0.4, -0.2) is 8.76 Å². The van der Waals surface area contributed by atoms with Crippen molar-refractivity contribution in [2.24, 2.45) is 0 Å². The zero-order valence-electron chi connectivity index (χ0n) is 6.97. The Hall–Kier alpha value is -1.15. The van der Waals surface area contributed by atoms with Crippen molar-refractivity contribution in [2.75, 3.05) is 4.72 Å². The van der Waals surface area contributed by atoms with E-state index < -0.39 is 34.5 Å². The standard InChI is InChI=1S/C7H5F4NO2S/c8-4-1-2-6(12-15(13)14)5(3-4)7(9,10)11/h1-3,12H,(H,13,14)/p-1. The van der Waals surface area contributed by atoms with Crippen molar-refractivity contribution in [3.63, 3.8) is 0 Å². The maximum absolute atomic E-state index is 12.5. The van der Waals surface area contributed by atoms with Crippen LogP contribution in [0.25, 0.3) is 0 Å². The molecule has 1 N–H and O–H groups in total. The molecule has 1 rings (SSSR count). The quantitative estimate of drug-likeness (QED) is 0.637. The highest BCUT2D eigenvalue weighted by Gasteiger charge is 2.34. The van der Waals surface area contributed by atoms with E-state index in [0.29, 0.717) is 6.07 Å². The van der Waals surface area contributed by atoms with Crippen molar-refractivity contribution < 1.29 is 26.3 Å². The van der Waals surface area contributed by atoms with Gasteiger partial charge in [-0.25, -0.2) is 4.39 Å². The lowest BCUT2D eigenvalue weighted by atomic mass is 10.2. The molecule has 0 aliphatic rings. The van der Waals surface area contributed by atoms with Crippen LogP contribution in [0, 0.1) is 5.82 Å². The lowest BCUT2D eigenvalue weighted by molar-refractivity contribution is -0.137. The van der Waals surface area contributed by atoms with Gasteiger partial charge >= 0.3 is 6.18 Å². The zero-order valence-corrected chi connectivity index (χ0v) is 7.79. The summed E-state index contributed by atoms with van der Waals surface area (Å²) in [6.07, 6.45) is -4.82. The Morgan fingerprint density at radius 2 is 1.93 bits per heavy atom. The highest BCUT2D eigenvalue weighted by molar-refractivity contribution is 7.80. The number of alkyl halides is 3. The number of hydrogen-bond acceptors (Lipinski definition) is 2. The summed E-state index contributed by atoms with van der Waals surface area (Å²) in [5.74, 6) is -1.09. The first-order valence-electron chi connectivity index (χ1n) is 3.53. The first-order valence-corrected chi connectivity index (χ1v) is 4.61. The molecule has 0 saturated heterocycles. The third-order valence-electron chi connectivity index (χ3n) is 1.48. The first-order chi connectivity index (χ1) is 6.80. The SMILES string of the molecule is O=S([O-])Nc1ccc(F)cc1C(F)(F)F. The van der Waals surface area contributed by atoms with Crippen LogP contribution in [0.1, 0.15) is 5.56 Å². The minimum atomic E-state index is -4.82. The van der Waals surface area contributed by atoms with Crippen LogP contribution in [-0.2, 0) is 17.4 Å². The van der Waals surface area contributed by atoms with Gasteiger partial charge in [0.05, 0.1) is 11.3 Å².